The highest BCUT2D eigenvalue weighted by Crippen LogP contribution is 2.34. The van der Waals surface area contributed by atoms with Crippen molar-refractivity contribution in [2.45, 2.75) is 79.2 Å². The Morgan fingerprint density at radius 3 is 2.35 bits per heavy atom. The maximum Gasteiger partial charge on any atom is 0.253 e. The summed E-state index contributed by atoms with van der Waals surface area (Å²) in [5, 5.41) is 3.55. The first-order chi connectivity index (χ1) is 14.8. The number of nitrogens with one attached hydrogen (secondary N) is 2. The SMILES string of the molecule is CCc1c(C[C@H]2CC[C@@H](CC)CC2)cc(Cl)cc1C(=O)NCc1c(C)cc(C)[nH]c1=O. The predicted molar refractivity (Wildman–Crippen MR) is 128 cm³/mol. The van der Waals surface area contributed by atoms with Crippen LogP contribution in [0.25, 0.3) is 0 Å². The third-order valence-electron chi connectivity index (χ3n) is 6.88. The normalized spacial score (nSPS) is 18.7. The van der Waals surface area contributed by atoms with E-state index in [0.717, 1.165) is 35.6 Å². The van der Waals surface area contributed by atoms with Gasteiger partial charge in [-0.05, 0) is 86.3 Å². The molecule has 0 radical (unpaired) electrons. The molecule has 4 nitrogen and oxygen atoms in total. The van der Waals surface area contributed by atoms with Crippen LogP contribution in [0.4, 0.5) is 0 Å². The molecule has 1 heterocycles. The topological polar surface area (TPSA) is 62.0 Å². The molecular formula is C26H35ClN2O2. The van der Waals surface area contributed by atoms with Crippen molar-refractivity contribution in [2.75, 3.05) is 0 Å². The molecule has 0 saturated heterocycles. The standard InChI is InChI=1S/C26H35ClN2O2/c1-5-18-7-9-19(10-8-18)12-20-13-21(27)14-23(22(20)6-2)25(30)28-15-24-16(3)11-17(4)29-26(24)31/h11,13-14,18-19H,5-10,12,15H2,1-4H3,(H,28,30)(H,29,31)/t18-,19+. The number of hydrogen-bond acceptors (Lipinski definition) is 2. The number of H-pyrrole nitrogens is 1. The van der Waals surface area contributed by atoms with Crippen molar-refractivity contribution in [1.82, 2.24) is 10.3 Å². The van der Waals surface area contributed by atoms with Crippen LogP contribution in [0, 0.1) is 25.7 Å². The molecule has 0 bridgehead atoms. The van der Waals surface area contributed by atoms with Gasteiger partial charge in [0, 0.05) is 28.4 Å². The number of aryl methyl sites for hydroxylation is 2. The van der Waals surface area contributed by atoms with Crippen LogP contribution >= 0.6 is 11.6 Å². The van der Waals surface area contributed by atoms with Crippen molar-refractivity contribution >= 4 is 17.5 Å². The van der Waals surface area contributed by atoms with Crippen LogP contribution < -0.4 is 10.9 Å². The van der Waals surface area contributed by atoms with Gasteiger partial charge in [-0.2, -0.15) is 0 Å². The average Bonchev–Trinajstić information content (AvgIpc) is 2.73. The van der Waals surface area contributed by atoms with Gasteiger partial charge in [0.25, 0.3) is 11.5 Å². The number of aromatic nitrogens is 1. The number of carbonyl (C=O) groups excluding carboxylic acids is 1. The van der Waals surface area contributed by atoms with Crippen LogP contribution in [-0.4, -0.2) is 10.9 Å². The first-order valence-electron chi connectivity index (χ1n) is 11.6. The zero-order valence-corrected chi connectivity index (χ0v) is 20.0. The Morgan fingerprint density at radius 2 is 1.74 bits per heavy atom. The van der Waals surface area contributed by atoms with E-state index in [1.807, 2.05) is 26.0 Å². The van der Waals surface area contributed by atoms with Gasteiger partial charge in [0.05, 0.1) is 0 Å². The van der Waals surface area contributed by atoms with E-state index in [0.29, 0.717) is 22.1 Å². The highest BCUT2D eigenvalue weighted by atomic mass is 35.5. The quantitative estimate of drug-likeness (QED) is 0.561. The summed E-state index contributed by atoms with van der Waals surface area (Å²) in [5.74, 6) is 1.36. The minimum absolute atomic E-state index is 0.150. The molecule has 0 unspecified atom stereocenters. The fourth-order valence-corrected chi connectivity index (χ4v) is 5.26. The van der Waals surface area contributed by atoms with Crippen LogP contribution in [0.2, 0.25) is 5.02 Å². The van der Waals surface area contributed by atoms with Crippen LogP contribution in [0.3, 0.4) is 0 Å². The lowest BCUT2D eigenvalue weighted by atomic mass is 9.77. The number of benzene rings is 1. The van der Waals surface area contributed by atoms with Crippen molar-refractivity contribution in [3.8, 4) is 0 Å². The van der Waals surface area contributed by atoms with Crippen molar-refractivity contribution in [1.29, 1.82) is 0 Å². The van der Waals surface area contributed by atoms with Gasteiger partial charge in [-0.3, -0.25) is 9.59 Å². The largest absolute Gasteiger partial charge is 0.348 e. The van der Waals surface area contributed by atoms with E-state index in [1.165, 1.54) is 37.7 Å². The Hall–Kier alpha value is -2.07. The predicted octanol–water partition coefficient (Wildman–Crippen LogP) is 5.90. The van der Waals surface area contributed by atoms with Gasteiger partial charge in [0.2, 0.25) is 0 Å². The van der Waals surface area contributed by atoms with Gasteiger partial charge in [-0.1, -0.05) is 44.7 Å². The van der Waals surface area contributed by atoms with E-state index < -0.39 is 0 Å². The van der Waals surface area contributed by atoms with Crippen LogP contribution in [0.5, 0.6) is 0 Å². The Labute approximate surface area is 190 Å². The number of amides is 1. The molecule has 5 heteroatoms. The molecule has 31 heavy (non-hydrogen) atoms. The monoisotopic (exact) mass is 442 g/mol. The molecule has 1 aromatic heterocycles. The summed E-state index contributed by atoms with van der Waals surface area (Å²) >= 11 is 6.44. The second kappa shape index (κ2) is 10.5. The van der Waals surface area contributed by atoms with Crippen molar-refractivity contribution < 1.29 is 4.79 Å². The number of pyridine rings is 1. The molecule has 1 aromatic carbocycles. The fraction of sp³-hybridized carbons (Fsp3) is 0.538. The Balaban J connectivity index is 1.78. The van der Waals surface area contributed by atoms with Crippen LogP contribution in [0.15, 0.2) is 23.0 Å². The third kappa shape index (κ3) is 5.79. The fourth-order valence-electron chi connectivity index (χ4n) is 5.02. The molecule has 2 aromatic rings. The Morgan fingerprint density at radius 1 is 1.06 bits per heavy atom. The smallest absolute Gasteiger partial charge is 0.253 e. The second-order valence-corrected chi connectivity index (χ2v) is 9.51. The lowest BCUT2D eigenvalue weighted by Crippen LogP contribution is -2.29. The first-order valence-corrected chi connectivity index (χ1v) is 12.0. The molecule has 1 aliphatic rings. The molecular weight excluding hydrogens is 408 g/mol. The van der Waals surface area contributed by atoms with Crippen LogP contribution in [0.1, 0.15) is 84.3 Å². The molecule has 1 saturated carbocycles. The highest BCUT2D eigenvalue weighted by molar-refractivity contribution is 6.31. The summed E-state index contributed by atoms with van der Waals surface area (Å²) in [6.45, 7) is 8.32. The van der Waals surface area contributed by atoms with E-state index in [9.17, 15) is 9.59 Å². The summed E-state index contributed by atoms with van der Waals surface area (Å²) in [6, 6.07) is 5.72. The zero-order valence-electron chi connectivity index (χ0n) is 19.2. The molecule has 168 valence electrons. The van der Waals surface area contributed by atoms with E-state index in [1.54, 1.807) is 6.07 Å². The molecule has 2 N–H and O–H groups in total. The van der Waals surface area contributed by atoms with Gasteiger partial charge < -0.3 is 10.3 Å². The zero-order chi connectivity index (χ0) is 22.5. The maximum absolute atomic E-state index is 13.1. The average molecular weight is 443 g/mol. The summed E-state index contributed by atoms with van der Waals surface area (Å²) in [4.78, 5) is 28.2. The Kier molecular flexibility index (Phi) is 7.99. The number of halogens is 1. The van der Waals surface area contributed by atoms with Gasteiger partial charge in [-0.15, -0.1) is 0 Å². The summed E-state index contributed by atoms with van der Waals surface area (Å²) < 4.78 is 0. The van der Waals surface area contributed by atoms with Crippen LogP contribution in [-0.2, 0) is 19.4 Å². The van der Waals surface area contributed by atoms with Crippen molar-refractivity contribution in [3.05, 3.63) is 67.1 Å². The summed E-state index contributed by atoms with van der Waals surface area (Å²) in [6.07, 6.45) is 8.16. The van der Waals surface area contributed by atoms with Gasteiger partial charge in [0.1, 0.15) is 0 Å². The molecule has 1 fully saturated rings. The minimum atomic E-state index is -0.172. The molecule has 0 atom stereocenters. The lowest BCUT2D eigenvalue weighted by Gasteiger charge is -2.28. The molecule has 0 aliphatic heterocycles. The van der Waals surface area contributed by atoms with Gasteiger partial charge in [-0.25, -0.2) is 0 Å². The summed E-state index contributed by atoms with van der Waals surface area (Å²) in [7, 11) is 0. The number of hydrogen-bond donors (Lipinski definition) is 2. The number of aromatic amines is 1. The molecule has 1 aliphatic carbocycles. The van der Waals surface area contributed by atoms with E-state index in [4.69, 9.17) is 11.6 Å². The second-order valence-electron chi connectivity index (χ2n) is 9.07. The maximum atomic E-state index is 13.1. The van der Waals surface area contributed by atoms with Gasteiger partial charge >= 0.3 is 0 Å². The van der Waals surface area contributed by atoms with E-state index in [2.05, 4.69) is 24.1 Å². The number of rotatable bonds is 7. The van der Waals surface area contributed by atoms with Crippen molar-refractivity contribution in [2.24, 2.45) is 11.8 Å². The first kappa shape index (κ1) is 23.6. The molecule has 1 amide bonds. The number of carbonyl (C=O) groups is 1. The lowest BCUT2D eigenvalue weighted by molar-refractivity contribution is 0.0949. The Bertz CT molecular complexity index is 988. The van der Waals surface area contributed by atoms with E-state index in [-0.39, 0.29) is 18.0 Å². The molecule has 0 spiro atoms. The summed E-state index contributed by atoms with van der Waals surface area (Å²) in [5.41, 5.74) is 5.05. The third-order valence-corrected chi connectivity index (χ3v) is 7.10. The highest BCUT2D eigenvalue weighted by Gasteiger charge is 2.23. The van der Waals surface area contributed by atoms with Crippen molar-refractivity contribution in [3.63, 3.8) is 0 Å². The van der Waals surface area contributed by atoms with Gasteiger partial charge in [0.15, 0.2) is 0 Å². The minimum Gasteiger partial charge on any atom is -0.348 e. The molecule has 3 rings (SSSR count). The van der Waals surface area contributed by atoms with E-state index >= 15 is 0 Å².